The van der Waals surface area contributed by atoms with Crippen LogP contribution >= 0.6 is 11.6 Å². The first-order valence-electron chi connectivity index (χ1n) is 10.2. The average Bonchev–Trinajstić information content (AvgIpc) is 3.16. The molecule has 9 heteroatoms. The fraction of sp³-hybridized carbons (Fsp3) is 0.208. The van der Waals surface area contributed by atoms with Crippen molar-refractivity contribution in [3.05, 3.63) is 94.7 Å². The molecule has 2 atom stereocenters. The molecule has 0 radical (unpaired) electrons. The lowest BCUT2D eigenvalue weighted by Gasteiger charge is -2.26. The molecule has 0 bridgehead atoms. The molecule has 6 nitrogen and oxygen atoms in total. The maximum atomic E-state index is 14.1. The summed E-state index contributed by atoms with van der Waals surface area (Å²) < 4.78 is 46.1. The number of pyridine rings is 1. The lowest BCUT2D eigenvalue weighted by Crippen LogP contribution is -2.30. The largest absolute Gasteiger partial charge is 0.388 e. The number of aromatic nitrogens is 2. The second kappa shape index (κ2) is 9.23. The van der Waals surface area contributed by atoms with Crippen LogP contribution in [-0.4, -0.2) is 35.8 Å². The van der Waals surface area contributed by atoms with Gasteiger partial charge in [0.1, 0.15) is 11.9 Å². The molecule has 33 heavy (non-hydrogen) atoms. The monoisotopic (exact) mass is 488 g/mol. The molecule has 0 saturated heterocycles. The normalized spacial score (nSPS) is 13.8. The Bertz CT molecular complexity index is 1400. The minimum Gasteiger partial charge on any atom is -0.388 e. The lowest BCUT2D eigenvalue weighted by molar-refractivity contribution is 0.0784. The first-order valence-corrected chi connectivity index (χ1v) is 12.0. The van der Waals surface area contributed by atoms with Gasteiger partial charge in [0.15, 0.2) is 5.15 Å². The van der Waals surface area contributed by atoms with Crippen LogP contribution in [0.25, 0.3) is 10.9 Å². The summed E-state index contributed by atoms with van der Waals surface area (Å²) in [7, 11) is -4.10. The van der Waals surface area contributed by atoms with Crippen LogP contribution in [0.15, 0.2) is 71.8 Å². The van der Waals surface area contributed by atoms with Crippen molar-refractivity contribution in [2.45, 2.75) is 30.9 Å². The second-order valence-electron chi connectivity index (χ2n) is 7.83. The Morgan fingerprint density at radius 3 is 2.55 bits per heavy atom. The summed E-state index contributed by atoms with van der Waals surface area (Å²) in [6.07, 6.45) is 0.352. The van der Waals surface area contributed by atoms with Crippen LogP contribution in [0.1, 0.15) is 22.9 Å². The van der Waals surface area contributed by atoms with Crippen molar-refractivity contribution >= 4 is 32.6 Å². The van der Waals surface area contributed by atoms with Gasteiger partial charge in [0, 0.05) is 17.3 Å². The van der Waals surface area contributed by atoms with Gasteiger partial charge in [0.05, 0.1) is 23.1 Å². The lowest BCUT2D eigenvalue weighted by atomic mass is 10.0. The number of fused-ring (bicyclic) bond motifs is 1. The summed E-state index contributed by atoms with van der Waals surface area (Å²) in [5, 5.41) is 12.1. The van der Waals surface area contributed by atoms with E-state index in [0.717, 1.165) is 16.6 Å². The molecule has 0 aliphatic carbocycles. The topological polar surface area (TPSA) is 81.4 Å². The van der Waals surface area contributed by atoms with E-state index >= 15 is 0 Å². The quantitative estimate of drug-likeness (QED) is 0.298. The van der Waals surface area contributed by atoms with Crippen LogP contribution in [0, 0.1) is 19.7 Å². The predicted octanol–water partition coefficient (Wildman–Crippen LogP) is 4.80. The van der Waals surface area contributed by atoms with E-state index in [1.54, 1.807) is 35.0 Å². The van der Waals surface area contributed by atoms with Gasteiger partial charge in [-0.3, -0.25) is 4.18 Å². The van der Waals surface area contributed by atoms with Crippen LogP contribution in [0.2, 0.25) is 5.15 Å². The van der Waals surface area contributed by atoms with Crippen molar-refractivity contribution in [2.75, 3.05) is 6.61 Å². The van der Waals surface area contributed by atoms with Crippen molar-refractivity contribution < 1.29 is 22.1 Å². The van der Waals surface area contributed by atoms with Gasteiger partial charge >= 0.3 is 0 Å². The van der Waals surface area contributed by atoms with Gasteiger partial charge < -0.3 is 9.67 Å². The Morgan fingerprint density at radius 1 is 1.12 bits per heavy atom. The first-order chi connectivity index (χ1) is 15.7. The third kappa shape index (κ3) is 4.94. The summed E-state index contributed by atoms with van der Waals surface area (Å²) in [6.45, 7) is 3.10. The number of hydrogen-bond donors (Lipinski definition) is 1. The minimum absolute atomic E-state index is 0.0169. The van der Waals surface area contributed by atoms with E-state index in [2.05, 4.69) is 4.98 Å². The minimum atomic E-state index is -4.10. The van der Waals surface area contributed by atoms with E-state index in [1.807, 2.05) is 19.9 Å². The Morgan fingerprint density at radius 2 is 1.85 bits per heavy atom. The van der Waals surface area contributed by atoms with Gasteiger partial charge in [0.2, 0.25) is 0 Å². The fourth-order valence-corrected chi connectivity index (χ4v) is 5.05. The molecule has 4 rings (SSSR count). The number of aliphatic hydroxyl groups is 1. The number of hydrogen-bond acceptors (Lipinski definition) is 5. The third-order valence-corrected chi connectivity index (χ3v) is 6.90. The molecule has 2 aromatic carbocycles. The summed E-state index contributed by atoms with van der Waals surface area (Å²) in [4.78, 5) is 4.26. The van der Waals surface area contributed by atoms with E-state index in [-0.39, 0.29) is 10.0 Å². The molecule has 0 aliphatic rings. The Hall–Kier alpha value is -2.78. The Balaban J connectivity index is 1.71. The van der Waals surface area contributed by atoms with Crippen molar-refractivity contribution in [3.8, 4) is 0 Å². The standard InChI is InChI=1S/C24H22ClFN2O4S/c1-15-6-8-20(9-7-15)33(30,31)32-14-21(29)22(17-4-3-5-19(26)13-17)28-11-10-18-12-16(2)27-24(25)23(18)28/h3-13,21-22,29H,14H2,1-2H3. The maximum Gasteiger partial charge on any atom is 0.297 e. The summed E-state index contributed by atoms with van der Waals surface area (Å²) in [6, 6.07) is 14.7. The second-order valence-corrected chi connectivity index (χ2v) is 9.81. The SMILES string of the molecule is Cc1ccc(S(=O)(=O)OCC(O)C(c2cccc(F)c2)n2ccc3cc(C)nc(Cl)c32)cc1. The summed E-state index contributed by atoms with van der Waals surface area (Å²) >= 11 is 6.40. The van der Waals surface area contributed by atoms with Crippen LogP contribution in [0.3, 0.4) is 0 Å². The molecule has 4 aromatic rings. The number of halogens is 2. The van der Waals surface area contributed by atoms with Gasteiger partial charge in [-0.15, -0.1) is 0 Å². The number of benzene rings is 2. The zero-order chi connectivity index (χ0) is 23.8. The number of rotatable bonds is 7. The molecule has 0 saturated carbocycles. The fourth-order valence-electron chi connectivity index (χ4n) is 3.78. The third-order valence-electron chi connectivity index (χ3n) is 5.34. The molecule has 0 fully saturated rings. The highest BCUT2D eigenvalue weighted by Crippen LogP contribution is 2.32. The summed E-state index contributed by atoms with van der Waals surface area (Å²) in [5.74, 6) is -0.491. The van der Waals surface area contributed by atoms with Crippen LogP contribution < -0.4 is 0 Å². The molecular formula is C24H22ClFN2O4S. The average molecular weight is 489 g/mol. The van der Waals surface area contributed by atoms with E-state index in [4.69, 9.17) is 15.8 Å². The zero-order valence-electron chi connectivity index (χ0n) is 17.9. The highest BCUT2D eigenvalue weighted by Gasteiger charge is 2.28. The Kier molecular flexibility index (Phi) is 6.54. The van der Waals surface area contributed by atoms with Gasteiger partial charge in [-0.1, -0.05) is 41.4 Å². The van der Waals surface area contributed by atoms with Gasteiger partial charge in [-0.2, -0.15) is 8.42 Å². The molecule has 172 valence electrons. The predicted molar refractivity (Wildman–Crippen MR) is 124 cm³/mol. The smallest absolute Gasteiger partial charge is 0.297 e. The molecule has 2 aromatic heterocycles. The van der Waals surface area contributed by atoms with E-state index in [1.165, 1.54) is 30.3 Å². The van der Waals surface area contributed by atoms with Crippen LogP contribution in [0.5, 0.6) is 0 Å². The van der Waals surface area contributed by atoms with Crippen molar-refractivity contribution in [1.82, 2.24) is 9.55 Å². The molecule has 0 amide bonds. The van der Waals surface area contributed by atoms with E-state index in [9.17, 15) is 17.9 Å². The van der Waals surface area contributed by atoms with E-state index < -0.39 is 34.7 Å². The Labute approximate surface area is 196 Å². The number of nitrogens with zero attached hydrogens (tertiary/aromatic N) is 2. The van der Waals surface area contributed by atoms with Crippen molar-refractivity contribution in [2.24, 2.45) is 0 Å². The van der Waals surface area contributed by atoms with Crippen LogP contribution in [0.4, 0.5) is 4.39 Å². The zero-order valence-corrected chi connectivity index (χ0v) is 19.5. The molecule has 2 heterocycles. The van der Waals surface area contributed by atoms with Crippen LogP contribution in [-0.2, 0) is 14.3 Å². The van der Waals surface area contributed by atoms with Crippen molar-refractivity contribution in [1.29, 1.82) is 0 Å². The molecule has 0 spiro atoms. The van der Waals surface area contributed by atoms with E-state index in [0.29, 0.717) is 11.1 Å². The highest BCUT2D eigenvalue weighted by atomic mass is 35.5. The molecule has 0 aliphatic heterocycles. The summed E-state index contributed by atoms with van der Waals surface area (Å²) in [5.41, 5.74) is 2.59. The molecule has 1 N–H and O–H groups in total. The maximum absolute atomic E-state index is 14.1. The van der Waals surface area contributed by atoms with Gasteiger partial charge in [-0.25, -0.2) is 9.37 Å². The van der Waals surface area contributed by atoms with Gasteiger partial charge in [0.25, 0.3) is 10.1 Å². The number of aliphatic hydroxyl groups excluding tert-OH is 1. The van der Waals surface area contributed by atoms with Crippen molar-refractivity contribution in [3.63, 3.8) is 0 Å². The highest BCUT2D eigenvalue weighted by molar-refractivity contribution is 7.86. The molecule has 2 unspecified atom stereocenters. The molecular weight excluding hydrogens is 467 g/mol. The number of aryl methyl sites for hydroxylation is 2. The van der Waals surface area contributed by atoms with Gasteiger partial charge in [-0.05, 0) is 55.8 Å². The first kappa shape index (κ1) is 23.4.